The van der Waals surface area contributed by atoms with E-state index < -0.39 is 0 Å². The first-order valence-electron chi connectivity index (χ1n) is 5.52. The van der Waals surface area contributed by atoms with Crippen LogP contribution in [0.2, 0.25) is 0 Å². The van der Waals surface area contributed by atoms with Crippen molar-refractivity contribution in [2.24, 2.45) is 11.1 Å². The van der Waals surface area contributed by atoms with Crippen LogP contribution in [-0.2, 0) is 4.74 Å². The van der Waals surface area contributed by atoms with Crippen LogP contribution in [0.1, 0.15) is 44.9 Å². The summed E-state index contributed by atoms with van der Waals surface area (Å²) in [5.41, 5.74) is 6.36. The summed E-state index contributed by atoms with van der Waals surface area (Å²) in [6.45, 7) is 1.79. The Morgan fingerprint density at radius 2 is 1.92 bits per heavy atom. The molecule has 1 rings (SSSR count). The molecule has 0 aliphatic heterocycles. The average Bonchev–Trinajstić information content (AvgIpc) is 2.62. The largest absolute Gasteiger partial charge is 0.385 e. The van der Waals surface area contributed by atoms with Crippen molar-refractivity contribution in [3.8, 4) is 0 Å². The summed E-state index contributed by atoms with van der Waals surface area (Å²) < 4.78 is 5.04. The van der Waals surface area contributed by atoms with E-state index in [-0.39, 0.29) is 0 Å². The van der Waals surface area contributed by atoms with Crippen LogP contribution in [0.15, 0.2) is 0 Å². The number of methoxy groups -OCH3 is 1. The minimum atomic E-state index is 0.508. The third kappa shape index (κ3) is 3.28. The first-order valence-corrected chi connectivity index (χ1v) is 5.52. The second-order valence-electron chi connectivity index (χ2n) is 4.36. The third-order valence-corrected chi connectivity index (χ3v) is 3.40. The molecule has 1 fully saturated rings. The second-order valence-corrected chi connectivity index (χ2v) is 4.36. The van der Waals surface area contributed by atoms with Crippen molar-refractivity contribution in [2.75, 3.05) is 20.3 Å². The molecule has 2 N–H and O–H groups in total. The Kier molecular flexibility index (Phi) is 4.74. The second kappa shape index (κ2) is 5.61. The highest BCUT2D eigenvalue weighted by atomic mass is 16.5. The van der Waals surface area contributed by atoms with Gasteiger partial charge < -0.3 is 10.5 Å². The van der Waals surface area contributed by atoms with Gasteiger partial charge in [0.2, 0.25) is 0 Å². The monoisotopic (exact) mass is 185 g/mol. The van der Waals surface area contributed by atoms with Crippen LogP contribution in [0.25, 0.3) is 0 Å². The molecule has 0 unspecified atom stereocenters. The van der Waals surface area contributed by atoms with Crippen LogP contribution in [-0.4, -0.2) is 20.3 Å². The Bertz CT molecular complexity index is 130. The van der Waals surface area contributed by atoms with Gasteiger partial charge in [0.05, 0.1) is 0 Å². The lowest BCUT2D eigenvalue weighted by atomic mass is 9.81. The first kappa shape index (κ1) is 11.0. The Morgan fingerprint density at radius 1 is 1.23 bits per heavy atom. The normalized spacial score (nSPS) is 20.8. The molecule has 0 atom stereocenters. The molecule has 0 aromatic rings. The highest BCUT2D eigenvalue weighted by Crippen LogP contribution is 2.41. The van der Waals surface area contributed by atoms with Gasteiger partial charge in [-0.3, -0.25) is 0 Å². The predicted molar refractivity (Wildman–Crippen MR) is 55.7 cm³/mol. The number of nitrogens with two attached hydrogens (primary N) is 1. The fraction of sp³-hybridized carbons (Fsp3) is 1.00. The van der Waals surface area contributed by atoms with Gasteiger partial charge in [-0.25, -0.2) is 0 Å². The molecule has 0 aromatic carbocycles. The molecule has 1 saturated carbocycles. The van der Waals surface area contributed by atoms with E-state index in [0.29, 0.717) is 5.41 Å². The van der Waals surface area contributed by atoms with E-state index in [4.69, 9.17) is 10.5 Å². The standard InChI is InChI=1S/C11H23NO/c1-13-9-5-4-8-11(10-12)6-2-3-7-11/h2-10,12H2,1H3. The van der Waals surface area contributed by atoms with Gasteiger partial charge in [-0.15, -0.1) is 0 Å². The van der Waals surface area contributed by atoms with Crippen molar-refractivity contribution in [2.45, 2.75) is 44.9 Å². The van der Waals surface area contributed by atoms with Gasteiger partial charge in [-0.2, -0.15) is 0 Å². The molecule has 78 valence electrons. The fourth-order valence-corrected chi connectivity index (χ4v) is 2.43. The maximum Gasteiger partial charge on any atom is 0.0462 e. The van der Waals surface area contributed by atoms with E-state index in [1.165, 1.54) is 44.9 Å². The first-order chi connectivity index (χ1) is 6.33. The highest BCUT2D eigenvalue weighted by molar-refractivity contribution is 4.85. The van der Waals surface area contributed by atoms with Gasteiger partial charge in [-0.1, -0.05) is 19.3 Å². The van der Waals surface area contributed by atoms with Gasteiger partial charge in [-0.05, 0) is 37.6 Å². The van der Waals surface area contributed by atoms with Crippen LogP contribution >= 0.6 is 0 Å². The van der Waals surface area contributed by atoms with Gasteiger partial charge in [0, 0.05) is 13.7 Å². The molecule has 0 spiro atoms. The van der Waals surface area contributed by atoms with E-state index in [1.54, 1.807) is 7.11 Å². The van der Waals surface area contributed by atoms with Crippen molar-refractivity contribution in [1.82, 2.24) is 0 Å². The van der Waals surface area contributed by atoms with Crippen molar-refractivity contribution < 1.29 is 4.74 Å². The Morgan fingerprint density at radius 3 is 2.46 bits per heavy atom. The molecule has 0 saturated heterocycles. The molecule has 0 amide bonds. The molecule has 2 nitrogen and oxygen atoms in total. The van der Waals surface area contributed by atoms with Gasteiger partial charge in [0.1, 0.15) is 0 Å². The maximum absolute atomic E-state index is 5.85. The van der Waals surface area contributed by atoms with Crippen molar-refractivity contribution in [3.05, 3.63) is 0 Å². The molecule has 0 aromatic heterocycles. The zero-order valence-electron chi connectivity index (χ0n) is 8.85. The summed E-state index contributed by atoms with van der Waals surface area (Å²) in [4.78, 5) is 0. The van der Waals surface area contributed by atoms with Crippen molar-refractivity contribution >= 4 is 0 Å². The number of rotatable bonds is 6. The quantitative estimate of drug-likeness (QED) is 0.645. The van der Waals surface area contributed by atoms with E-state index in [9.17, 15) is 0 Å². The minimum Gasteiger partial charge on any atom is -0.385 e. The van der Waals surface area contributed by atoms with Crippen LogP contribution in [0, 0.1) is 5.41 Å². The number of hydrogen-bond donors (Lipinski definition) is 1. The molecule has 1 aliphatic carbocycles. The zero-order valence-corrected chi connectivity index (χ0v) is 8.85. The molecule has 0 heterocycles. The summed E-state index contributed by atoms with van der Waals surface area (Å²) in [5.74, 6) is 0. The molecular formula is C11H23NO. The van der Waals surface area contributed by atoms with Gasteiger partial charge in [0.25, 0.3) is 0 Å². The lowest BCUT2D eigenvalue weighted by molar-refractivity contribution is 0.182. The SMILES string of the molecule is COCCCCC1(CN)CCCC1. The van der Waals surface area contributed by atoms with E-state index >= 15 is 0 Å². The summed E-state index contributed by atoms with van der Waals surface area (Å²) >= 11 is 0. The average molecular weight is 185 g/mol. The fourth-order valence-electron chi connectivity index (χ4n) is 2.43. The lowest BCUT2D eigenvalue weighted by Crippen LogP contribution is -2.27. The van der Waals surface area contributed by atoms with Crippen molar-refractivity contribution in [3.63, 3.8) is 0 Å². The molecule has 1 aliphatic rings. The topological polar surface area (TPSA) is 35.2 Å². The smallest absolute Gasteiger partial charge is 0.0462 e. The molecule has 2 heteroatoms. The number of ether oxygens (including phenoxy) is 1. The van der Waals surface area contributed by atoms with Crippen molar-refractivity contribution in [1.29, 1.82) is 0 Å². The van der Waals surface area contributed by atoms with Crippen LogP contribution in [0.5, 0.6) is 0 Å². The van der Waals surface area contributed by atoms with E-state index in [0.717, 1.165) is 13.2 Å². The third-order valence-electron chi connectivity index (χ3n) is 3.40. The molecule has 0 bridgehead atoms. The maximum atomic E-state index is 5.85. The predicted octanol–water partition coefficient (Wildman–Crippen LogP) is 2.32. The number of unbranched alkanes of at least 4 members (excludes halogenated alkanes) is 1. The van der Waals surface area contributed by atoms with Crippen LogP contribution in [0.3, 0.4) is 0 Å². The summed E-state index contributed by atoms with van der Waals surface area (Å²) in [6.07, 6.45) is 9.28. The summed E-state index contributed by atoms with van der Waals surface area (Å²) in [6, 6.07) is 0. The van der Waals surface area contributed by atoms with Crippen LogP contribution < -0.4 is 5.73 Å². The minimum absolute atomic E-state index is 0.508. The Labute approximate surface area is 81.8 Å². The van der Waals surface area contributed by atoms with E-state index in [2.05, 4.69) is 0 Å². The molecular weight excluding hydrogens is 162 g/mol. The summed E-state index contributed by atoms with van der Waals surface area (Å²) in [7, 11) is 1.77. The lowest BCUT2D eigenvalue weighted by Gasteiger charge is -2.26. The zero-order chi connectivity index (χ0) is 9.57. The van der Waals surface area contributed by atoms with Crippen LogP contribution in [0.4, 0.5) is 0 Å². The molecule has 0 radical (unpaired) electrons. The van der Waals surface area contributed by atoms with E-state index in [1.807, 2.05) is 0 Å². The van der Waals surface area contributed by atoms with Gasteiger partial charge in [0.15, 0.2) is 0 Å². The Balaban J connectivity index is 2.16. The van der Waals surface area contributed by atoms with Gasteiger partial charge >= 0.3 is 0 Å². The number of hydrogen-bond acceptors (Lipinski definition) is 2. The summed E-state index contributed by atoms with van der Waals surface area (Å²) in [5, 5.41) is 0. The molecule has 13 heavy (non-hydrogen) atoms. The Hall–Kier alpha value is -0.0800. The highest BCUT2D eigenvalue weighted by Gasteiger charge is 2.31.